The minimum Gasteiger partial charge on any atom is -0.303 e. The normalized spacial score (nSPS) is 12.3. The van der Waals surface area contributed by atoms with Gasteiger partial charge in [-0.3, -0.25) is 4.98 Å². The molecule has 0 radical (unpaired) electrons. The molecular formula is C19H24N4. The summed E-state index contributed by atoms with van der Waals surface area (Å²) >= 11 is 0. The van der Waals surface area contributed by atoms with Crippen molar-refractivity contribution in [2.45, 2.75) is 39.8 Å². The summed E-state index contributed by atoms with van der Waals surface area (Å²) in [6.07, 6.45) is 7.52. The largest absolute Gasteiger partial charge is 0.303 e. The standard InChI is InChI=1S/C19H24N4/c1-6-16(17-9-8-11-20-14(17)3)18-21-12-10-15(23-18)13-22-19(4,5)7-2/h6-12,22H,2,13H2,1,3-5H3/b16-6+. The van der Waals surface area contributed by atoms with Gasteiger partial charge in [0.1, 0.15) is 0 Å². The van der Waals surface area contributed by atoms with Gasteiger partial charge in [0, 0.05) is 41.3 Å². The molecule has 1 N–H and O–H groups in total. The SMILES string of the molecule is C=CC(C)(C)NCc1ccnc(/C(=C/C)c2cccnc2C)n1. The molecule has 0 unspecified atom stereocenters. The minimum atomic E-state index is -0.130. The average molecular weight is 308 g/mol. The highest BCUT2D eigenvalue weighted by Gasteiger charge is 2.14. The number of hydrogen-bond acceptors (Lipinski definition) is 4. The van der Waals surface area contributed by atoms with Crippen LogP contribution < -0.4 is 5.32 Å². The van der Waals surface area contributed by atoms with Crippen LogP contribution in [0.1, 0.15) is 43.5 Å². The quantitative estimate of drug-likeness (QED) is 0.827. The van der Waals surface area contributed by atoms with Crippen LogP contribution in [0.5, 0.6) is 0 Å². The number of hydrogen-bond donors (Lipinski definition) is 1. The third kappa shape index (κ3) is 4.33. The first-order valence-corrected chi connectivity index (χ1v) is 7.76. The molecule has 2 heterocycles. The fraction of sp³-hybridized carbons (Fsp3) is 0.316. The first-order valence-electron chi connectivity index (χ1n) is 7.76. The van der Waals surface area contributed by atoms with Crippen LogP contribution in [0, 0.1) is 6.92 Å². The van der Waals surface area contributed by atoms with E-state index in [4.69, 9.17) is 4.98 Å². The zero-order chi connectivity index (χ0) is 16.9. The van der Waals surface area contributed by atoms with Gasteiger partial charge in [0.15, 0.2) is 5.82 Å². The van der Waals surface area contributed by atoms with Crippen LogP contribution in [0.3, 0.4) is 0 Å². The van der Waals surface area contributed by atoms with Gasteiger partial charge in [-0.1, -0.05) is 18.2 Å². The zero-order valence-corrected chi connectivity index (χ0v) is 14.3. The summed E-state index contributed by atoms with van der Waals surface area (Å²) < 4.78 is 0. The Morgan fingerprint density at radius 2 is 2.04 bits per heavy atom. The maximum atomic E-state index is 4.69. The van der Waals surface area contributed by atoms with Crippen LogP contribution in [0.2, 0.25) is 0 Å². The second kappa shape index (κ2) is 7.29. The van der Waals surface area contributed by atoms with Crippen molar-refractivity contribution in [1.29, 1.82) is 0 Å². The Morgan fingerprint density at radius 3 is 2.70 bits per heavy atom. The molecular weight excluding hydrogens is 284 g/mol. The molecule has 23 heavy (non-hydrogen) atoms. The van der Waals surface area contributed by atoms with Gasteiger partial charge in [-0.25, -0.2) is 9.97 Å². The Kier molecular flexibility index (Phi) is 5.40. The highest BCUT2D eigenvalue weighted by atomic mass is 15.0. The number of aryl methyl sites for hydroxylation is 1. The summed E-state index contributed by atoms with van der Waals surface area (Å²) in [4.78, 5) is 13.5. The summed E-state index contributed by atoms with van der Waals surface area (Å²) in [5.41, 5.74) is 3.85. The van der Waals surface area contributed by atoms with Crippen LogP contribution in [0.4, 0.5) is 0 Å². The smallest absolute Gasteiger partial charge is 0.159 e. The van der Waals surface area contributed by atoms with E-state index in [0.29, 0.717) is 6.54 Å². The molecule has 0 atom stereocenters. The molecule has 4 heteroatoms. The predicted octanol–water partition coefficient (Wildman–Crippen LogP) is 3.69. The summed E-state index contributed by atoms with van der Waals surface area (Å²) in [6, 6.07) is 5.91. The highest BCUT2D eigenvalue weighted by molar-refractivity contribution is 5.76. The van der Waals surface area contributed by atoms with E-state index >= 15 is 0 Å². The van der Waals surface area contributed by atoms with Gasteiger partial charge < -0.3 is 5.32 Å². The van der Waals surface area contributed by atoms with Gasteiger partial charge in [0.25, 0.3) is 0 Å². The lowest BCUT2D eigenvalue weighted by Crippen LogP contribution is -2.36. The topological polar surface area (TPSA) is 50.7 Å². The second-order valence-electron chi connectivity index (χ2n) is 5.99. The van der Waals surface area contributed by atoms with Crippen molar-refractivity contribution in [2.75, 3.05) is 0 Å². The van der Waals surface area contributed by atoms with Crippen molar-refractivity contribution in [2.24, 2.45) is 0 Å². The van der Waals surface area contributed by atoms with E-state index in [0.717, 1.165) is 28.3 Å². The summed E-state index contributed by atoms with van der Waals surface area (Å²) in [7, 11) is 0. The molecule has 0 bridgehead atoms. The summed E-state index contributed by atoms with van der Waals surface area (Å²) in [5, 5.41) is 3.42. The first-order chi connectivity index (χ1) is 11.0. The Morgan fingerprint density at radius 1 is 1.26 bits per heavy atom. The van der Waals surface area contributed by atoms with E-state index in [1.54, 1.807) is 12.4 Å². The molecule has 0 aliphatic carbocycles. The monoisotopic (exact) mass is 308 g/mol. The van der Waals surface area contributed by atoms with E-state index in [2.05, 4.69) is 35.7 Å². The Bertz CT molecular complexity index is 717. The van der Waals surface area contributed by atoms with E-state index in [9.17, 15) is 0 Å². The summed E-state index contributed by atoms with van der Waals surface area (Å²) in [5.74, 6) is 0.722. The number of allylic oxidation sites excluding steroid dienone is 1. The molecule has 0 saturated heterocycles. The molecule has 0 spiro atoms. The van der Waals surface area contributed by atoms with Gasteiger partial charge in [0.05, 0.1) is 5.69 Å². The van der Waals surface area contributed by atoms with E-state index < -0.39 is 0 Å². The molecule has 0 amide bonds. The fourth-order valence-corrected chi connectivity index (χ4v) is 2.19. The van der Waals surface area contributed by atoms with Gasteiger partial charge in [-0.05, 0) is 39.8 Å². The van der Waals surface area contributed by atoms with E-state index in [1.165, 1.54) is 0 Å². The molecule has 2 rings (SSSR count). The Balaban J connectivity index is 2.28. The van der Waals surface area contributed by atoms with Crippen LogP contribution in [0.25, 0.3) is 5.57 Å². The number of nitrogens with one attached hydrogen (secondary N) is 1. The van der Waals surface area contributed by atoms with Gasteiger partial charge >= 0.3 is 0 Å². The van der Waals surface area contributed by atoms with E-state index in [-0.39, 0.29) is 5.54 Å². The predicted molar refractivity (Wildman–Crippen MR) is 94.9 cm³/mol. The number of nitrogens with zero attached hydrogens (tertiary/aromatic N) is 3. The number of pyridine rings is 1. The lowest BCUT2D eigenvalue weighted by molar-refractivity contribution is 0.470. The molecule has 120 valence electrons. The number of rotatable bonds is 6. The maximum Gasteiger partial charge on any atom is 0.159 e. The van der Waals surface area contributed by atoms with Crippen molar-refractivity contribution < 1.29 is 0 Å². The van der Waals surface area contributed by atoms with Crippen molar-refractivity contribution in [3.05, 3.63) is 72.1 Å². The molecule has 2 aromatic rings. The van der Waals surface area contributed by atoms with Gasteiger partial charge in [-0.15, -0.1) is 6.58 Å². The minimum absolute atomic E-state index is 0.130. The van der Waals surface area contributed by atoms with Crippen LogP contribution in [-0.2, 0) is 6.54 Å². The Labute approximate surface area is 138 Å². The third-order valence-electron chi connectivity index (χ3n) is 3.78. The van der Waals surface area contributed by atoms with Crippen molar-refractivity contribution in [3.63, 3.8) is 0 Å². The van der Waals surface area contributed by atoms with Crippen LogP contribution >= 0.6 is 0 Å². The average Bonchev–Trinajstić information content (AvgIpc) is 2.56. The third-order valence-corrected chi connectivity index (χ3v) is 3.78. The molecule has 0 aromatic carbocycles. The van der Waals surface area contributed by atoms with Crippen molar-refractivity contribution in [3.8, 4) is 0 Å². The molecule has 2 aromatic heterocycles. The molecule has 0 aliphatic rings. The molecule has 4 nitrogen and oxygen atoms in total. The van der Waals surface area contributed by atoms with Crippen molar-refractivity contribution in [1.82, 2.24) is 20.3 Å². The maximum absolute atomic E-state index is 4.69. The second-order valence-corrected chi connectivity index (χ2v) is 5.99. The molecule has 0 fully saturated rings. The lowest BCUT2D eigenvalue weighted by atomic mass is 10.0. The lowest BCUT2D eigenvalue weighted by Gasteiger charge is -2.21. The van der Waals surface area contributed by atoms with Crippen LogP contribution in [0.15, 0.2) is 49.3 Å². The van der Waals surface area contributed by atoms with Gasteiger partial charge in [-0.2, -0.15) is 0 Å². The van der Waals surface area contributed by atoms with Crippen LogP contribution in [-0.4, -0.2) is 20.5 Å². The first kappa shape index (κ1) is 17.0. The fourth-order valence-electron chi connectivity index (χ4n) is 2.19. The zero-order valence-electron chi connectivity index (χ0n) is 14.3. The van der Waals surface area contributed by atoms with Crippen molar-refractivity contribution >= 4 is 5.57 Å². The highest BCUT2D eigenvalue weighted by Crippen LogP contribution is 2.22. The summed E-state index contributed by atoms with van der Waals surface area (Å²) in [6.45, 7) is 12.7. The molecule has 0 aliphatic heterocycles. The van der Waals surface area contributed by atoms with E-state index in [1.807, 2.05) is 44.2 Å². The Hall–Kier alpha value is -2.33. The van der Waals surface area contributed by atoms with Gasteiger partial charge in [0.2, 0.25) is 0 Å². The number of aromatic nitrogens is 3. The molecule has 0 saturated carbocycles.